The maximum Gasteiger partial charge on any atom is -0.00990 e. The third-order valence-electron chi connectivity index (χ3n) is 5.83. The second kappa shape index (κ2) is 8.91. The summed E-state index contributed by atoms with van der Waals surface area (Å²) in [5, 5.41) is 5.04. The van der Waals surface area contributed by atoms with Crippen LogP contribution in [0.1, 0.15) is 27.8 Å². The van der Waals surface area contributed by atoms with Crippen LogP contribution >= 0.6 is 0 Å². The molecule has 32 heavy (non-hydrogen) atoms. The maximum atomic E-state index is 3.84. The zero-order chi connectivity index (χ0) is 21.8. The molecule has 0 spiro atoms. The van der Waals surface area contributed by atoms with E-state index in [0.717, 1.165) is 5.56 Å². The minimum absolute atomic E-state index is 1.13. The summed E-state index contributed by atoms with van der Waals surface area (Å²) in [7, 11) is 0. The molecule has 0 radical (unpaired) electrons. The second-order valence-electron chi connectivity index (χ2n) is 7.94. The summed E-state index contributed by atoms with van der Waals surface area (Å²) in [6.07, 6.45) is 10.7. The van der Waals surface area contributed by atoms with Gasteiger partial charge in [-0.15, -0.1) is 0 Å². The lowest BCUT2D eigenvalue weighted by atomic mass is 9.94. The van der Waals surface area contributed by atoms with Crippen molar-refractivity contribution in [2.45, 2.75) is 0 Å². The van der Waals surface area contributed by atoms with Crippen molar-refractivity contribution in [2.75, 3.05) is 0 Å². The van der Waals surface area contributed by atoms with Crippen molar-refractivity contribution in [3.05, 3.63) is 138 Å². The van der Waals surface area contributed by atoms with Crippen LogP contribution in [0.5, 0.6) is 0 Å². The molecule has 0 aliphatic carbocycles. The third-order valence-corrected chi connectivity index (χ3v) is 5.83. The van der Waals surface area contributed by atoms with Gasteiger partial charge in [0.15, 0.2) is 0 Å². The molecular formula is C32H24. The van der Waals surface area contributed by atoms with Gasteiger partial charge in [-0.3, -0.25) is 0 Å². The molecule has 152 valence electrons. The van der Waals surface area contributed by atoms with Crippen molar-refractivity contribution in [3.63, 3.8) is 0 Å². The van der Waals surface area contributed by atoms with Crippen LogP contribution in [-0.4, -0.2) is 0 Å². The normalized spacial score (nSPS) is 11.6. The molecule has 0 saturated heterocycles. The van der Waals surface area contributed by atoms with E-state index in [1.54, 1.807) is 0 Å². The fourth-order valence-corrected chi connectivity index (χ4v) is 4.06. The monoisotopic (exact) mass is 408 g/mol. The Kier molecular flexibility index (Phi) is 5.51. The van der Waals surface area contributed by atoms with Gasteiger partial charge in [0.25, 0.3) is 0 Å². The van der Waals surface area contributed by atoms with Gasteiger partial charge in [0.1, 0.15) is 0 Å². The van der Waals surface area contributed by atoms with E-state index in [1.807, 2.05) is 12.1 Å². The maximum absolute atomic E-state index is 3.84. The molecule has 0 nitrogen and oxygen atoms in total. The number of rotatable bonds is 5. The Bertz CT molecular complexity index is 1450. The molecule has 0 saturated carbocycles. The van der Waals surface area contributed by atoms with E-state index in [2.05, 4.69) is 128 Å². The predicted octanol–water partition coefficient (Wildman–Crippen LogP) is 8.98. The zero-order valence-corrected chi connectivity index (χ0v) is 17.9. The van der Waals surface area contributed by atoms with E-state index in [0.29, 0.717) is 0 Å². The molecule has 0 heteroatoms. The lowest BCUT2D eigenvalue weighted by Crippen LogP contribution is -1.86. The second-order valence-corrected chi connectivity index (χ2v) is 7.94. The summed E-state index contributed by atoms with van der Waals surface area (Å²) in [5.74, 6) is 0. The Balaban J connectivity index is 1.65. The van der Waals surface area contributed by atoms with Crippen LogP contribution in [0.25, 0.3) is 51.9 Å². The first kappa shape index (κ1) is 19.8. The molecule has 0 aliphatic rings. The van der Waals surface area contributed by atoms with Crippen LogP contribution in [0, 0.1) is 0 Å². The first-order chi connectivity index (χ1) is 15.8. The Labute approximate surface area is 189 Å². The van der Waals surface area contributed by atoms with Gasteiger partial charge in [-0.2, -0.15) is 0 Å². The summed E-state index contributed by atoms with van der Waals surface area (Å²) < 4.78 is 0. The molecule has 0 aliphatic heterocycles. The van der Waals surface area contributed by atoms with Crippen LogP contribution in [0.2, 0.25) is 0 Å². The minimum atomic E-state index is 1.13. The van der Waals surface area contributed by atoms with E-state index in [1.165, 1.54) is 43.8 Å². The largest absolute Gasteiger partial charge is 0.0985 e. The zero-order valence-electron chi connectivity index (χ0n) is 17.9. The highest BCUT2D eigenvalue weighted by Crippen LogP contribution is 2.30. The summed E-state index contributed by atoms with van der Waals surface area (Å²) in [5.41, 5.74) is 5.93. The topological polar surface area (TPSA) is 0 Å². The van der Waals surface area contributed by atoms with Crippen LogP contribution in [0.4, 0.5) is 0 Å². The van der Waals surface area contributed by atoms with E-state index in [4.69, 9.17) is 0 Å². The summed E-state index contributed by atoms with van der Waals surface area (Å²) in [6, 6.07) is 36.5. The number of hydrogen-bond donors (Lipinski definition) is 0. The highest BCUT2D eigenvalue weighted by atomic mass is 14.1. The first-order valence-electron chi connectivity index (χ1n) is 10.9. The van der Waals surface area contributed by atoms with Crippen LogP contribution in [0.3, 0.4) is 0 Å². The molecule has 0 heterocycles. The lowest BCUT2D eigenvalue weighted by Gasteiger charge is -2.10. The van der Waals surface area contributed by atoms with Crippen molar-refractivity contribution in [2.24, 2.45) is 0 Å². The number of benzene rings is 5. The molecule has 0 N–H and O–H groups in total. The van der Waals surface area contributed by atoms with E-state index >= 15 is 0 Å². The molecule has 5 aromatic carbocycles. The SMILES string of the molecule is C=Cc1ccc(/C=C/c2c(/C=C/c3ccccc3)ccc3cc4ccccc4cc23)cc1. The Morgan fingerprint density at radius 2 is 1.09 bits per heavy atom. The molecule has 0 atom stereocenters. The highest BCUT2D eigenvalue weighted by molar-refractivity contribution is 6.04. The van der Waals surface area contributed by atoms with Gasteiger partial charge in [-0.05, 0) is 61.5 Å². The minimum Gasteiger partial charge on any atom is -0.0985 e. The van der Waals surface area contributed by atoms with Crippen molar-refractivity contribution >= 4 is 51.9 Å². The van der Waals surface area contributed by atoms with Gasteiger partial charge in [-0.1, -0.05) is 128 Å². The van der Waals surface area contributed by atoms with E-state index in [9.17, 15) is 0 Å². The van der Waals surface area contributed by atoms with Crippen molar-refractivity contribution in [1.29, 1.82) is 0 Å². The highest BCUT2D eigenvalue weighted by Gasteiger charge is 2.06. The predicted molar refractivity (Wildman–Crippen MR) is 142 cm³/mol. The van der Waals surface area contributed by atoms with Gasteiger partial charge in [0.05, 0.1) is 0 Å². The lowest BCUT2D eigenvalue weighted by molar-refractivity contribution is 1.62. The number of hydrogen-bond acceptors (Lipinski definition) is 0. The summed E-state index contributed by atoms with van der Waals surface area (Å²) >= 11 is 0. The number of fused-ring (bicyclic) bond motifs is 2. The van der Waals surface area contributed by atoms with Gasteiger partial charge < -0.3 is 0 Å². The van der Waals surface area contributed by atoms with E-state index in [-0.39, 0.29) is 0 Å². The summed E-state index contributed by atoms with van der Waals surface area (Å²) in [6.45, 7) is 3.84. The average Bonchev–Trinajstić information content (AvgIpc) is 2.86. The molecule has 0 amide bonds. The standard InChI is InChI=1S/C32H24/c1-2-24-12-14-26(15-13-24)17-21-31-27(18-16-25-8-4-3-5-9-25)19-20-30-22-28-10-6-7-11-29(28)23-32(30)31/h2-23H,1H2/b18-16+,21-17+. The van der Waals surface area contributed by atoms with Gasteiger partial charge in [0, 0.05) is 0 Å². The van der Waals surface area contributed by atoms with Crippen molar-refractivity contribution < 1.29 is 0 Å². The summed E-state index contributed by atoms with van der Waals surface area (Å²) in [4.78, 5) is 0. The molecule has 0 bridgehead atoms. The quantitative estimate of drug-likeness (QED) is 0.201. The molecule has 0 unspecified atom stereocenters. The fourth-order valence-electron chi connectivity index (χ4n) is 4.06. The van der Waals surface area contributed by atoms with Crippen molar-refractivity contribution in [1.82, 2.24) is 0 Å². The Hall–Kier alpha value is -4.16. The van der Waals surface area contributed by atoms with Gasteiger partial charge in [0.2, 0.25) is 0 Å². The Morgan fingerprint density at radius 1 is 0.469 bits per heavy atom. The van der Waals surface area contributed by atoms with Crippen LogP contribution in [-0.2, 0) is 0 Å². The third kappa shape index (κ3) is 4.17. The molecule has 0 fully saturated rings. The Morgan fingerprint density at radius 3 is 1.84 bits per heavy atom. The van der Waals surface area contributed by atoms with E-state index < -0.39 is 0 Å². The van der Waals surface area contributed by atoms with Crippen molar-refractivity contribution in [3.8, 4) is 0 Å². The molecule has 5 aromatic rings. The van der Waals surface area contributed by atoms with Gasteiger partial charge in [-0.25, -0.2) is 0 Å². The van der Waals surface area contributed by atoms with Crippen LogP contribution in [0.15, 0.2) is 110 Å². The average molecular weight is 409 g/mol. The molecule has 5 rings (SSSR count). The molecular weight excluding hydrogens is 384 g/mol. The smallest absolute Gasteiger partial charge is 0.00990 e. The van der Waals surface area contributed by atoms with Crippen LogP contribution < -0.4 is 0 Å². The fraction of sp³-hybridized carbons (Fsp3) is 0. The molecule has 0 aromatic heterocycles. The van der Waals surface area contributed by atoms with Gasteiger partial charge >= 0.3 is 0 Å². The first-order valence-corrected chi connectivity index (χ1v) is 10.9.